The summed E-state index contributed by atoms with van der Waals surface area (Å²) in [5.74, 6) is 1.08. The first-order chi connectivity index (χ1) is 13.8. The summed E-state index contributed by atoms with van der Waals surface area (Å²) in [5.41, 5.74) is 3.60. The van der Waals surface area contributed by atoms with Crippen LogP contribution in [0, 0.1) is 0 Å². The zero-order valence-corrected chi connectivity index (χ0v) is 16.0. The lowest BCUT2D eigenvalue weighted by atomic mass is 10.0. The average molecular weight is 381 g/mol. The number of hydrogen-bond donors (Lipinski definition) is 3. The standard InChI is InChI=1S/C21H27N5O2/c27-21-25-20(24-15-5-3-1-2-4-6-15)19(14-9-10-28-12-14)26(21)16-7-8-17-18(11-16)23-13-22-17/h7-8,11,13-15,24H,1-6,9-10,12H2,(H,22,23)(H,25,27). The zero-order valence-electron chi connectivity index (χ0n) is 16.0. The molecule has 7 heteroatoms. The van der Waals surface area contributed by atoms with Gasteiger partial charge in [0.25, 0.3) is 0 Å². The Kier molecular flexibility index (Phi) is 4.68. The van der Waals surface area contributed by atoms with Crippen molar-refractivity contribution in [3.05, 3.63) is 40.7 Å². The largest absolute Gasteiger partial charge is 0.381 e. The van der Waals surface area contributed by atoms with E-state index in [1.54, 1.807) is 6.33 Å². The Morgan fingerprint density at radius 1 is 1.14 bits per heavy atom. The van der Waals surface area contributed by atoms with Crippen molar-refractivity contribution in [1.82, 2.24) is 19.5 Å². The summed E-state index contributed by atoms with van der Waals surface area (Å²) in [7, 11) is 0. The maximum absolute atomic E-state index is 13.0. The van der Waals surface area contributed by atoms with Gasteiger partial charge >= 0.3 is 5.69 Å². The topological polar surface area (TPSA) is 87.7 Å². The maximum Gasteiger partial charge on any atom is 0.331 e. The van der Waals surface area contributed by atoms with Crippen molar-refractivity contribution in [2.45, 2.75) is 56.9 Å². The molecule has 3 N–H and O–H groups in total. The molecule has 1 aliphatic carbocycles. The number of ether oxygens (including phenoxy) is 1. The predicted octanol–water partition coefficient (Wildman–Crippen LogP) is 3.68. The van der Waals surface area contributed by atoms with Gasteiger partial charge in [0.1, 0.15) is 5.82 Å². The van der Waals surface area contributed by atoms with Crippen molar-refractivity contribution in [2.24, 2.45) is 0 Å². The number of imidazole rings is 2. The summed E-state index contributed by atoms with van der Waals surface area (Å²) in [5, 5.41) is 3.68. The fourth-order valence-electron chi connectivity index (χ4n) is 4.64. The zero-order chi connectivity index (χ0) is 18.9. The molecule has 1 saturated carbocycles. The lowest BCUT2D eigenvalue weighted by molar-refractivity contribution is 0.193. The van der Waals surface area contributed by atoms with E-state index in [1.807, 2.05) is 22.8 Å². The molecule has 7 nitrogen and oxygen atoms in total. The maximum atomic E-state index is 13.0. The highest BCUT2D eigenvalue weighted by Crippen LogP contribution is 2.33. The highest BCUT2D eigenvalue weighted by molar-refractivity contribution is 5.77. The molecule has 2 aromatic heterocycles. The second-order valence-corrected chi connectivity index (χ2v) is 8.02. The molecule has 1 saturated heterocycles. The molecule has 28 heavy (non-hydrogen) atoms. The fourth-order valence-corrected chi connectivity index (χ4v) is 4.64. The van der Waals surface area contributed by atoms with Crippen LogP contribution in [0.25, 0.3) is 16.7 Å². The lowest BCUT2D eigenvalue weighted by Crippen LogP contribution is -2.21. The highest BCUT2D eigenvalue weighted by atomic mass is 16.5. The van der Waals surface area contributed by atoms with Crippen molar-refractivity contribution in [3.8, 4) is 5.69 Å². The molecule has 0 bridgehead atoms. The van der Waals surface area contributed by atoms with E-state index in [0.29, 0.717) is 12.6 Å². The third-order valence-electron chi connectivity index (χ3n) is 6.11. The molecule has 5 rings (SSSR count). The van der Waals surface area contributed by atoms with Crippen molar-refractivity contribution in [1.29, 1.82) is 0 Å². The third kappa shape index (κ3) is 3.24. The minimum Gasteiger partial charge on any atom is -0.381 e. The van der Waals surface area contributed by atoms with Gasteiger partial charge in [-0.1, -0.05) is 25.7 Å². The highest BCUT2D eigenvalue weighted by Gasteiger charge is 2.28. The number of fused-ring (bicyclic) bond motifs is 1. The van der Waals surface area contributed by atoms with Crippen LogP contribution >= 0.6 is 0 Å². The summed E-state index contributed by atoms with van der Waals surface area (Å²) >= 11 is 0. The molecular formula is C21H27N5O2. The number of nitrogens with zero attached hydrogens (tertiary/aromatic N) is 2. The summed E-state index contributed by atoms with van der Waals surface area (Å²) in [6, 6.07) is 6.33. The summed E-state index contributed by atoms with van der Waals surface area (Å²) < 4.78 is 7.48. The van der Waals surface area contributed by atoms with E-state index >= 15 is 0 Å². The van der Waals surface area contributed by atoms with Gasteiger partial charge in [0, 0.05) is 18.6 Å². The monoisotopic (exact) mass is 381 g/mol. The summed E-state index contributed by atoms with van der Waals surface area (Å²) in [6.07, 6.45) is 10.1. The smallest absolute Gasteiger partial charge is 0.331 e. The van der Waals surface area contributed by atoms with Crippen molar-refractivity contribution < 1.29 is 4.74 Å². The van der Waals surface area contributed by atoms with Crippen molar-refractivity contribution >= 4 is 16.9 Å². The Labute approximate surface area is 163 Å². The normalized spacial score (nSPS) is 21.2. The number of aromatic nitrogens is 4. The molecular weight excluding hydrogens is 354 g/mol. The Morgan fingerprint density at radius 2 is 2.00 bits per heavy atom. The van der Waals surface area contributed by atoms with E-state index in [4.69, 9.17) is 4.74 Å². The van der Waals surface area contributed by atoms with E-state index < -0.39 is 0 Å². The molecule has 3 aromatic rings. The molecule has 148 valence electrons. The van der Waals surface area contributed by atoms with E-state index in [-0.39, 0.29) is 11.6 Å². The Morgan fingerprint density at radius 3 is 2.79 bits per heavy atom. The number of rotatable bonds is 4. The number of aromatic amines is 2. The molecule has 0 amide bonds. The van der Waals surface area contributed by atoms with Crippen LogP contribution in [0.15, 0.2) is 29.3 Å². The number of anilines is 1. The molecule has 2 fully saturated rings. The van der Waals surface area contributed by atoms with Crippen LogP contribution < -0.4 is 11.0 Å². The molecule has 1 unspecified atom stereocenters. The van der Waals surface area contributed by atoms with Crippen LogP contribution in [0.4, 0.5) is 5.82 Å². The SMILES string of the molecule is O=c1[nH]c(NC2CCCCCC2)c(C2CCOC2)n1-c1ccc2nc[nH]c2c1. The van der Waals surface area contributed by atoms with Gasteiger partial charge in [0.05, 0.1) is 35.3 Å². The van der Waals surface area contributed by atoms with E-state index in [0.717, 1.165) is 54.1 Å². The second kappa shape index (κ2) is 7.47. The van der Waals surface area contributed by atoms with E-state index in [2.05, 4.69) is 20.3 Å². The van der Waals surface area contributed by atoms with Gasteiger partial charge in [-0.15, -0.1) is 0 Å². The Bertz CT molecular complexity index is 1000. The number of benzene rings is 1. The van der Waals surface area contributed by atoms with Gasteiger partial charge in [0.2, 0.25) is 0 Å². The number of H-pyrrole nitrogens is 2. The van der Waals surface area contributed by atoms with Gasteiger partial charge in [-0.05, 0) is 37.5 Å². The van der Waals surface area contributed by atoms with Crippen LogP contribution in [0.2, 0.25) is 0 Å². The van der Waals surface area contributed by atoms with Gasteiger partial charge in [-0.25, -0.2) is 9.78 Å². The molecule has 1 atom stereocenters. The fraction of sp³-hybridized carbons (Fsp3) is 0.524. The lowest BCUT2D eigenvalue weighted by Gasteiger charge is -2.20. The molecule has 0 spiro atoms. The summed E-state index contributed by atoms with van der Waals surface area (Å²) in [4.78, 5) is 23.5. The molecule has 2 aliphatic rings. The Balaban J connectivity index is 1.57. The van der Waals surface area contributed by atoms with Crippen molar-refractivity contribution in [3.63, 3.8) is 0 Å². The molecule has 1 aromatic carbocycles. The third-order valence-corrected chi connectivity index (χ3v) is 6.11. The molecule has 1 aliphatic heterocycles. The number of nitrogens with one attached hydrogen (secondary N) is 3. The number of hydrogen-bond acceptors (Lipinski definition) is 4. The van der Waals surface area contributed by atoms with Crippen LogP contribution in [0.3, 0.4) is 0 Å². The second-order valence-electron chi connectivity index (χ2n) is 8.02. The van der Waals surface area contributed by atoms with Gasteiger partial charge < -0.3 is 15.0 Å². The van der Waals surface area contributed by atoms with Gasteiger partial charge in [-0.2, -0.15) is 0 Å². The van der Waals surface area contributed by atoms with Crippen LogP contribution in [-0.4, -0.2) is 38.8 Å². The van der Waals surface area contributed by atoms with Crippen molar-refractivity contribution in [2.75, 3.05) is 18.5 Å². The van der Waals surface area contributed by atoms with Crippen LogP contribution in [-0.2, 0) is 4.74 Å². The minimum absolute atomic E-state index is 0.100. The van der Waals surface area contributed by atoms with Crippen LogP contribution in [0.1, 0.15) is 56.6 Å². The van der Waals surface area contributed by atoms with E-state index in [1.165, 1.54) is 25.7 Å². The minimum atomic E-state index is -0.100. The predicted molar refractivity (Wildman–Crippen MR) is 109 cm³/mol. The molecule has 3 heterocycles. The van der Waals surface area contributed by atoms with Gasteiger partial charge in [0.15, 0.2) is 0 Å². The first-order valence-electron chi connectivity index (χ1n) is 10.4. The van der Waals surface area contributed by atoms with Gasteiger partial charge in [-0.3, -0.25) is 9.55 Å². The average Bonchev–Trinajstić information content (AvgIpc) is 3.39. The van der Waals surface area contributed by atoms with E-state index in [9.17, 15) is 4.79 Å². The first kappa shape index (κ1) is 17.6. The summed E-state index contributed by atoms with van der Waals surface area (Å²) in [6.45, 7) is 1.40. The molecule has 0 radical (unpaired) electrons. The Hall–Kier alpha value is -2.54. The first-order valence-corrected chi connectivity index (χ1v) is 10.4. The quantitative estimate of drug-likeness (QED) is 0.602. The van der Waals surface area contributed by atoms with Crippen LogP contribution in [0.5, 0.6) is 0 Å².